The minimum atomic E-state index is -0.195. The fraction of sp³-hybridized carbons (Fsp3) is 0.619. The Kier molecular flexibility index (Phi) is 5.62. The molecule has 2 fully saturated rings. The van der Waals surface area contributed by atoms with Crippen LogP contribution in [0.4, 0.5) is 0 Å². The number of rotatable bonds is 5. The lowest BCUT2D eigenvalue weighted by Gasteiger charge is -2.35. The minimum absolute atomic E-state index is 0.195. The molecule has 1 aromatic heterocycles. The molecule has 1 aromatic carbocycles. The third-order valence-electron chi connectivity index (χ3n) is 6.08. The number of nitrogens with one attached hydrogen (secondary N) is 1. The van der Waals surface area contributed by atoms with Crippen molar-refractivity contribution in [2.45, 2.75) is 50.9 Å². The highest BCUT2D eigenvalue weighted by atomic mass is 16.5. The number of H-pyrrole nitrogens is 1. The van der Waals surface area contributed by atoms with Gasteiger partial charge in [-0.3, -0.25) is 4.98 Å². The zero-order valence-electron chi connectivity index (χ0n) is 16.2. The van der Waals surface area contributed by atoms with Crippen molar-refractivity contribution in [1.82, 2.24) is 19.7 Å². The van der Waals surface area contributed by atoms with E-state index >= 15 is 0 Å². The van der Waals surface area contributed by atoms with Gasteiger partial charge in [0.15, 0.2) is 0 Å². The Morgan fingerprint density at radius 3 is 2.78 bits per heavy atom. The Morgan fingerprint density at radius 2 is 1.96 bits per heavy atom. The molecular formula is C21H30N4O2. The molecule has 6 nitrogen and oxygen atoms in total. The maximum absolute atomic E-state index is 12.5. The summed E-state index contributed by atoms with van der Waals surface area (Å²) in [6.45, 7) is 3.37. The number of benzene rings is 1. The average Bonchev–Trinajstić information content (AvgIpc) is 3.10. The number of hydrogen-bond donors (Lipinski definition) is 1. The number of nitrogens with zero attached hydrogens (tertiary/aromatic N) is 3. The molecule has 0 amide bonds. The van der Waals surface area contributed by atoms with Gasteiger partial charge in [0, 0.05) is 19.0 Å². The molecule has 6 heteroatoms. The van der Waals surface area contributed by atoms with Crippen molar-refractivity contribution in [2.75, 3.05) is 26.7 Å². The molecular weight excluding hydrogens is 340 g/mol. The number of likely N-dealkylation sites (tertiary alicyclic amines) is 1. The number of hydrogen-bond acceptors (Lipinski definition) is 4. The molecule has 1 aliphatic heterocycles. The highest BCUT2D eigenvalue weighted by Crippen LogP contribution is 2.29. The van der Waals surface area contributed by atoms with E-state index in [9.17, 15) is 4.79 Å². The second kappa shape index (κ2) is 8.30. The summed E-state index contributed by atoms with van der Waals surface area (Å²) in [5.41, 5.74) is 0.487. The Morgan fingerprint density at radius 1 is 1.15 bits per heavy atom. The second-order valence-electron chi connectivity index (χ2n) is 8.00. The SMILES string of the molecule is COc1ccccc1-n1nc(C2CCCN(CC3CCCCC3)C2)[nH]c1=O. The van der Waals surface area contributed by atoms with Gasteiger partial charge in [-0.2, -0.15) is 4.68 Å². The van der Waals surface area contributed by atoms with Gasteiger partial charge in [0.1, 0.15) is 17.3 Å². The molecule has 2 heterocycles. The fourth-order valence-electron chi connectivity index (χ4n) is 4.67. The van der Waals surface area contributed by atoms with Crippen LogP contribution in [-0.2, 0) is 0 Å². The van der Waals surface area contributed by atoms with E-state index in [1.165, 1.54) is 56.3 Å². The van der Waals surface area contributed by atoms with E-state index in [0.717, 1.165) is 24.7 Å². The molecule has 2 aliphatic rings. The molecule has 1 N–H and O–H groups in total. The van der Waals surface area contributed by atoms with Crippen LogP contribution in [0.15, 0.2) is 29.1 Å². The first-order valence-electron chi connectivity index (χ1n) is 10.3. The Balaban J connectivity index is 1.49. The molecule has 1 atom stereocenters. The molecule has 1 unspecified atom stereocenters. The van der Waals surface area contributed by atoms with Crippen molar-refractivity contribution in [3.63, 3.8) is 0 Å². The first kappa shape index (κ1) is 18.3. The van der Waals surface area contributed by atoms with Crippen LogP contribution < -0.4 is 10.4 Å². The van der Waals surface area contributed by atoms with Gasteiger partial charge in [0.25, 0.3) is 0 Å². The standard InChI is InChI=1S/C21H30N4O2/c1-27-19-12-6-5-11-18(19)25-21(26)22-20(23-25)17-10-7-13-24(15-17)14-16-8-3-2-4-9-16/h5-6,11-12,16-17H,2-4,7-10,13-15H2,1H3,(H,22,23,26). The Labute approximate surface area is 160 Å². The lowest BCUT2D eigenvalue weighted by atomic mass is 9.88. The Bertz CT molecular complexity index is 807. The topological polar surface area (TPSA) is 63.1 Å². The second-order valence-corrected chi connectivity index (χ2v) is 8.00. The normalized spacial score (nSPS) is 22.0. The van der Waals surface area contributed by atoms with E-state index in [-0.39, 0.29) is 5.69 Å². The number of para-hydroxylation sites is 2. The fourth-order valence-corrected chi connectivity index (χ4v) is 4.67. The summed E-state index contributed by atoms with van der Waals surface area (Å²) in [5, 5.41) is 4.64. The number of piperidine rings is 1. The number of ether oxygens (including phenoxy) is 1. The number of methoxy groups -OCH3 is 1. The van der Waals surface area contributed by atoms with E-state index in [2.05, 4.69) is 15.0 Å². The predicted octanol–water partition coefficient (Wildman–Crippen LogP) is 3.33. The van der Waals surface area contributed by atoms with Crippen LogP contribution >= 0.6 is 0 Å². The summed E-state index contributed by atoms with van der Waals surface area (Å²) in [6.07, 6.45) is 9.18. The average molecular weight is 370 g/mol. The molecule has 1 saturated heterocycles. The van der Waals surface area contributed by atoms with Crippen LogP contribution in [0.25, 0.3) is 5.69 Å². The van der Waals surface area contributed by atoms with Crippen molar-refractivity contribution >= 4 is 0 Å². The Hall–Kier alpha value is -2.08. The smallest absolute Gasteiger partial charge is 0.348 e. The van der Waals surface area contributed by atoms with Crippen molar-refractivity contribution in [1.29, 1.82) is 0 Å². The van der Waals surface area contributed by atoms with E-state index in [1.54, 1.807) is 7.11 Å². The zero-order valence-corrected chi connectivity index (χ0v) is 16.2. The van der Waals surface area contributed by atoms with Gasteiger partial charge < -0.3 is 9.64 Å². The predicted molar refractivity (Wildman–Crippen MR) is 106 cm³/mol. The van der Waals surface area contributed by atoms with Crippen molar-refractivity contribution in [3.8, 4) is 11.4 Å². The van der Waals surface area contributed by atoms with E-state index in [0.29, 0.717) is 17.4 Å². The minimum Gasteiger partial charge on any atom is -0.494 e. The number of aromatic amines is 1. The lowest BCUT2D eigenvalue weighted by Crippen LogP contribution is -2.38. The molecule has 146 valence electrons. The maximum Gasteiger partial charge on any atom is 0.348 e. The molecule has 2 aromatic rings. The molecule has 0 radical (unpaired) electrons. The van der Waals surface area contributed by atoms with Crippen LogP contribution in [0.5, 0.6) is 5.75 Å². The quantitative estimate of drug-likeness (QED) is 0.877. The van der Waals surface area contributed by atoms with Gasteiger partial charge in [-0.15, -0.1) is 5.10 Å². The third-order valence-corrected chi connectivity index (χ3v) is 6.08. The van der Waals surface area contributed by atoms with Crippen molar-refractivity contribution < 1.29 is 4.74 Å². The molecule has 0 bridgehead atoms. The maximum atomic E-state index is 12.5. The summed E-state index contributed by atoms with van der Waals surface area (Å²) >= 11 is 0. The van der Waals surface area contributed by atoms with Crippen LogP contribution in [0.1, 0.15) is 56.7 Å². The van der Waals surface area contributed by atoms with E-state index < -0.39 is 0 Å². The number of aromatic nitrogens is 3. The van der Waals surface area contributed by atoms with Crippen molar-refractivity contribution in [3.05, 3.63) is 40.6 Å². The van der Waals surface area contributed by atoms with Gasteiger partial charge in [0.05, 0.1) is 7.11 Å². The molecule has 1 aliphatic carbocycles. The third kappa shape index (κ3) is 4.10. The summed E-state index contributed by atoms with van der Waals surface area (Å²) in [7, 11) is 1.61. The summed E-state index contributed by atoms with van der Waals surface area (Å²) < 4.78 is 6.83. The van der Waals surface area contributed by atoms with Crippen molar-refractivity contribution in [2.24, 2.45) is 5.92 Å². The van der Waals surface area contributed by atoms with Crippen LogP contribution in [0.3, 0.4) is 0 Å². The highest BCUT2D eigenvalue weighted by molar-refractivity contribution is 5.45. The molecule has 1 saturated carbocycles. The highest BCUT2D eigenvalue weighted by Gasteiger charge is 2.27. The van der Waals surface area contributed by atoms with Crippen LogP contribution in [-0.4, -0.2) is 46.4 Å². The molecule has 27 heavy (non-hydrogen) atoms. The largest absolute Gasteiger partial charge is 0.494 e. The summed E-state index contributed by atoms with van der Waals surface area (Å²) in [5.74, 6) is 2.60. The molecule has 4 rings (SSSR count). The van der Waals surface area contributed by atoms with Gasteiger partial charge in [0.2, 0.25) is 0 Å². The lowest BCUT2D eigenvalue weighted by molar-refractivity contribution is 0.158. The van der Waals surface area contributed by atoms with E-state index in [4.69, 9.17) is 4.74 Å². The van der Waals surface area contributed by atoms with Crippen LogP contribution in [0.2, 0.25) is 0 Å². The van der Waals surface area contributed by atoms with Gasteiger partial charge >= 0.3 is 5.69 Å². The van der Waals surface area contributed by atoms with Gasteiger partial charge in [-0.25, -0.2) is 4.79 Å². The van der Waals surface area contributed by atoms with Gasteiger partial charge in [-0.1, -0.05) is 31.4 Å². The summed E-state index contributed by atoms with van der Waals surface area (Å²) in [6, 6.07) is 7.50. The molecule has 0 spiro atoms. The van der Waals surface area contributed by atoms with Crippen LogP contribution in [0, 0.1) is 5.92 Å². The van der Waals surface area contributed by atoms with E-state index in [1.807, 2.05) is 24.3 Å². The summed E-state index contributed by atoms with van der Waals surface area (Å²) in [4.78, 5) is 18.1. The monoisotopic (exact) mass is 370 g/mol. The van der Waals surface area contributed by atoms with Gasteiger partial charge in [-0.05, 0) is 50.3 Å². The zero-order chi connectivity index (χ0) is 18.6. The first-order chi connectivity index (χ1) is 13.2. The first-order valence-corrected chi connectivity index (χ1v) is 10.3.